The van der Waals surface area contributed by atoms with E-state index in [4.69, 9.17) is 0 Å². The number of aliphatic carboxylic acids is 1. The van der Waals surface area contributed by atoms with Crippen molar-refractivity contribution in [1.82, 2.24) is 10.6 Å². The highest BCUT2D eigenvalue weighted by Crippen LogP contribution is 2.11. The van der Waals surface area contributed by atoms with Gasteiger partial charge in [-0.25, -0.2) is 9.18 Å². The highest BCUT2D eigenvalue weighted by Gasteiger charge is 2.27. The zero-order chi connectivity index (χ0) is 18.3. The molecule has 2 amide bonds. The minimum absolute atomic E-state index is 0.127. The zero-order valence-corrected chi connectivity index (χ0v) is 14.0. The lowest BCUT2D eigenvalue weighted by Crippen LogP contribution is -2.52. The molecule has 6 nitrogen and oxygen atoms in total. The first-order valence-corrected chi connectivity index (χ1v) is 7.74. The van der Waals surface area contributed by atoms with E-state index in [0.717, 1.165) is 0 Å². The lowest BCUT2D eigenvalue weighted by atomic mass is 10.0. The van der Waals surface area contributed by atoms with Crippen LogP contribution < -0.4 is 10.6 Å². The van der Waals surface area contributed by atoms with Gasteiger partial charge in [0.25, 0.3) is 0 Å². The molecule has 1 aromatic rings. The van der Waals surface area contributed by atoms with Gasteiger partial charge < -0.3 is 15.7 Å². The fraction of sp³-hybridized carbons (Fsp3) is 0.471. The standard InChI is InChI=1S/C17H23FN2O4/c1-10(2)8-14(19-11(3)21)16(22)20-15(17(23)24)9-12-6-4-5-7-13(12)18/h4-7,10,14-15H,8-9H2,1-3H3,(H,19,21)(H,20,22)(H,23,24)/t14-,15-/m0/s1. The Morgan fingerprint density at radius 3 is 2.25 bits per heavy atom. The number of hydrogen-bond donors (Lipinski definition) is 3. The van der Waals surface area contributed by atoms with Crippen LogP contribution in [-0.4, -0.2) is 35.0 Å². The summed E-state index contributed by atoms with van der Waals surface area (Å²) in [5.74, 6) is -2.64. The van der Waals surface area contributed by atoms with Gasteiger partial charge in [0.15, 0.2) is 0 Å². The highest BCUT2D eigenvalue weighted by atomic mass is 19.1. The number of rotatable bonds is 8. The molecule has 24 heavy (non-hydrogen) atoms. The van der Waals surface area contributed by atoms with Gasteiger partial charge >= 0.3 is 5.97 Å². The Hall–Kier alpha value is -2.44. The minimum atomic E-state index is -1.28. The molecule has 1 rings (SSSR count). The molecule has 7 heteroatoms. The third-order valence-electron chi connectivity index (χ3n) is 3.40. The Kier molecular flexibility index (Phi) is 7.35. The molecule has 0 aromatic heterocycles. The molecule has 1 aromatic carbocycles. The minimum Gasteiger partial charge on any atom is -0.480 e. The number of hydrogen-bond acceptors (Lipinski definition) is 3. The summed E-state index contributed by atoms with van der Waals surface area (Å²) in [6.07, 6.45) is 0.194. The Labute approximate surface area is 140 Å². The number of carbonyl (C=O) groups excluding carboxylic acids is 2. The van der Waals surface area contributed by atoms with Gasteiger partial charge in [-0.3, -0.25) is 9.59 Å². The van der Waals surface area contributed by atoms with Crippen LogP contribution in [0.2, 0.25) is 0 Å². The molecule has 0 spiro atoms. The first-order valence-electron chi connectivity index (χ1n) is 7.74. The third kappa shape index (κ3) is 6.36. The molecule has 0 bridgehead atoms. The Bertz CT molecular complexity index is 604. The second-order valence-electron chi connectivity index (χ2n) is 6.08. The highest BCUT2D eigenvalue weighted by molar-refractivity contribution is 5.90. The number of amides is 2. The molecule has 0 aliphatic rings. The van der Waals surface area contributed by atoms with Gasteiger partial charge in [0, 0.05) is 13.3 Å². The number of carboxylic acids is 1. The molecule has 0 saturated carbocycles. The number of halogens is 1. The zero-order valence-electron chi connectivity index (χ0n) is 14.0. The van der Waals surface area contributed by atoms with Crippen LogP contribution in [0.5, 0.6) is 0 Å². The summed E-state index contributed by atoms with van der Waals surface area (Å²) >= 11 is 0. The Morgan fingerprint density at radius 1 is 1.12 bits per heavy atom. The van der Waals surface area contributed by atoms with Crippen molar-refractivity contribution in [2.24, 2.45) is 5.92 Å². The summed E-state index contributed by atoms with van der Waals surface area (Å²) < 4.78 is 13.7. The van der Waals surface area contributed by atoms with Gasteiger partial charge in [-0.1, -0.05) is 32.0 Å². The molecule has 0 fully saturated rings. The molecule has 0 aliphatic heterocycles. The lowest BCUT2D eigenvalue weighted by Gasteiger charge is -2.22. The van der Waals surface area contributed by atoms with Crippen LogP contribution in [0.3, 0.4) is 0 Å². The quantitative estimate of drug-likeness (QED) is 0.669. The SMILES string of the molecule is CC(=O)N[C@@H](CC(C)C)C(=O)N[C@@H](Cc1ccccc1F)C(=O)O. The van der Waals surface area contributed by atoms with E-state index in [1.807, 2.05) is 13.8 Å². The molecular weight excluding hydrogens is 315 g/mol. The topological polar surface area (TPSA) is 95.5 Å². The van der Waals surface area contributed by atoms with Gasteiger partial charge in [-0.15, -0.1) is 0 Å². The predicted molar refractivity (Wildman–Crippen MR) is 86.7 cm³/mol. The van der Waals surface area contributed by atoms with Gasteiger partial charge in [0.2, 0.25) is 11.8 Å². The second kappa shape index (κ2) is 9.00. The molecular formula is C17H23FN2O4. The van der Waals surface area contributed by atoms with E-state index < -0.39 is 29.8 Å². The van der Waals surface area contributed by atoms with Gasteiger partial charge in [-0.05, 0) is 24.0 Å². The van der Waals surface area contributed by atoms with Gasteiger partial charge in [0.1, 0.15) is 17.9 Å². The monoisotopic (exact) mass is 338 g/mol. The van der Waals surface area contributed by atoms with E-state index in [-0.39, 0.29) is 23.8 Å². The van der Waals surface area contributed by atoms with Crippen molar-refractivity contribution in [3.8, 4) is 0 Å². The van der Waals surface area contributed by atoms with Gasteiger partial charge in [-0.2, -0.15) is 0 Å². The molecule has 2 atom stereocenters. The van der Waals surface area contributed by atoms with Crippen LogP contribution >= 0.6 is 0 Å². The molecule has 0 unspecified atom stereocenters. The average molecular weight is 338 g/mol. The normalized spacial score (nSPS) is 13.2. The maximum absolute atomic E-state index is 13.7. The van der Waals surface area contributed by atoms with Crippen LogP contribution in [0, 0.1) is 11.7 Å². The first kappa shape index (κ1) is 19.6. The summed E-state index contributed by atoms with van der Waals surface area (Å²) in [5.41, 5.74) is 0.199. The molecule has 0 heterocycles. The largest absolute Gasteiger partial charge is 0.480 e. The average Bonchev–Trinajstić information content (AvgIpc) is 2.46. The smallest absolute Gasteiger partial charge is 0.326 e. The summed E-state index contributed by atoms with van der Waals surface area (Å²) in [6.45, 7) is 5.06. The van der Waals surface area contributed by atoms with Gasteiger partial charge in [0.05, 0.1) is 0 Å². The van der Waals surface area contributed by atoms with E-state index in [1.165, 1.54) is 25.1 Å². The van der Waals surface area contributed by atoms with E-state index in [1.54, 1.807) is 6.07 Å². The Balaban J connectivity index is 2.85. The molecule has 0 radical (unpaired) electrons. The summed E-state index contributed by atoms with van der Waals surface area (Å²) in [6, 6.07) is 3.69. The van der Waals surface area contributed by atoms with Crippen molar-refractivity contribution >= 4 is 17.8 Å². The third-order valence-corrected chi connectivity index (χ3v) is 3.40. The maximum Gasteiger partial charge on any atom is 0.326 e. The van der Waals surface area contributed by atoms with E-state index in [0.29, 0.717) is 6.42 Å². The summed E-state index contributed by atoms with van der Waals surface area (Å²) in [5, 5.41) is 14.2. The van der Waals surface area contributed by atoms with Crippen molar-refractivity contribution < 1.29 is 23.9 Å². The molecule has 0 saturated heterocycles. The van der Waals surface area contributed by atoms with Crippen molar-refractivity contribution in [2.45, 2.75) is 45.7 Å². The molecule has 3 N–H and O–H groups in total. The summed E-state index contributed by atoms with van der Waals surface area (Å²) in [7, 11) is 0. The van der Waals surface area contributed by atoms with E-state index in [9.17, 15) is 23.9 Å². The van der Waals surface area contributed by atoms with E-state index in [2.05, 4.69) is 10.6 Å². The lowest BCUT2D eigenvalue weighted by molar-refractivity contribution is -0.142. The predicted octanol–water partition coefficient (Wildman–Crippen LogP) is 1.49. The maximum atomic E-state index is 13.7. The number of nitrogens with one attached hydrogen (secondary N) is 2. The number of carboxylic acid groups (broad SMARTS) is 1. The van der Waals surface area contributed by atoms with Crippen LogP contribution in [-0.2, 0) is 20.8 Å². The van der Waals surface area contributed by atoms with Crippen LogP contribution in [0.4, 0.5) is 4.39 Å². The summed E-state index contributed by atoms with van der Waals surface area (Å²) in [4.78, 5) is 35.0. The fourth-order valence-electron chi connectivity index (χ4n) is 2.30. The fourth-order valence-corrected chi connectivity index (χ4v) is 2.30. The molecule has 132 valence electrons. The first-order chi connectivity index (χ1) is 11.2. The van der Waals surface area contributed by atoms with Crippen molar-refractivity contribution in [2.75, 3.05) is 0 Å². The Morgan fingerprint density at radius 2 is 1.75 bits per heavy atom. The van der Waals surface area contributed by atoms with Crippen LogP contribution in [0.25, 0.3) is 0 Å². The van der Waals surface area contributed by atoms with Crippen molar-refractivity contribution in [3.63, 3.8) is 0 Å². The van der Waals surface area contributed by atoms with E-state index >= 15 is 0 Å². The number of benzene rings is 1. The van der Waals surface area contributed by atoms with Crippen molar-refractivity contribution in [3.05, 3.63) is 35.6 Å². The second-order valence-corrected chi connectivity index (χ2v) is 6.08. The van der Waals surface area contributed by atoms with Crippen LogP contribution in [0.1, 0.15) is 32.8 Å². The van der Waals surface area contributed by atoms with Crippen molar-refractivity contribution in [1.29, 1.82) is 0 Å². The van der Waals surface area contributed by atoms with Crippen LogP contribution in [0.15, 0.2) is 24.3 Å². The number of carbonyl (C=O) groups is 3. The molecule has 0 aliphatic carbocycles.